The third-order valence-electron chi connectivity index (χ3n) is 5.16. The Hall–Kier alpha value is -2.63. The van der Waals surface area contributed by atoms with Crippen LogP contribution in [0.4, 0.5) is 11.4 Å². The Balaban J connectivity index is 1.86. The zero-order chi connectivity index (χ0) is 23.5. The largest absolute Gasteiger partial charge is 0.495 e. The quantitative estimate of drug-likeness (QED) is 0.618. The SMILES string of the molecule is COc1ccc(S(=O)(=O)N2CCCC2)cc1NC(=O)CN(c1ccc(C)cc1)S(C)(=O)=O. The van der Waals surface area contributed by atoms with E-state index in [1.54, 1.807) is 24.3 Å². The van der Waals surface area contributed by atoms with Gasteiger partial charge in [-0.15, -0.1) is 0 Å². The van der Waals surface area contributed by atoms with Gasteiger partial charge < -0.3 is 10.1 Å². The summed E-state index contributed by atoms with van der Waals surface area (Å²) < 4.78 is 58.0. The van der Waals surface area contributed by atoms with Crippen LogP contribution in [0.3, 0.4) is 0 Å². The van der Waals surface area contributed by atoms with Gasteiger partial charge in [0.05, 0.1) is 29.6 Å². The number of rotatable bonds is 8. The number of nitrogens with one attached hydrogen (secondary N) is 1. The Morgan fingerprint density at radius 3 is 2.25 bits per heavy atom. The van der Waals surface area contributed by atoms with Crippen molar-refractivity contribution < 1.29 is 26.4 Å². The Kier molecular flexibility index (Phi) is 7.11. The van der Waals surface area contributed by atoms with Crippen molar-refractivity contribution in [3.8, 4) is 5.75 Å². The number of hydrogen-bond donors (Lipinski definition) is 1. The lowest BCUT2D eigenvalue weighted by Crippen LogP contribution is -2.37. The molecule has 3 rings (SSSR count). The number of sulfonamides is 2. The molecule has 0 unspecified atom stereocenters. The summed E-state index contributed by atoms with van der Waals surface area (Å²) in [4.78, 5) is 12.8. The van der Waals surface area contributed by atoms with Gasteiger partial charge in [-0.1, -0.05) is 17.7 Å². The lowest BCUT2D eigenvalue weighted by Gasteiger charge is -2.22. The predicted molar refractivity (Wildman–Crippen MR) is 123 cm³/mol. The van der Waals surface area contributed by atoms with Gasteiger partial charge in [0, 0.05) is 13.1 Å². The van der Waals surface area contributed by atoms with Crippen molar-refractivity contribution in [2.75, 3.05) is 42.6 Å². The van der Waals surface area contributed by atoms with Gasteiger partial charge >= 0.3 is 0 Å². The monoisotopic (exact) mass is 481 g/mol. The van der Waals surface area contributed by atoms with E-state index in [9.17, 15) is 21.6 Å². The van der Waals surface area contributed by atoms with E-state index in [-0.39, 0.29) is 16.3 Å². The number of amides is 1. The first kappa shape index (κ1) is 24.0. The fourth-order valence-electron chi connectivity index (χ4n) is 3.45. The molecule has 0 radical (unpaired) electrons. The Bertz CT molecular complexity index is 1190. The number of hydrogen-bond acceptors (Lipinski definition) is 6. The van der Waals surface area contributed by atoms with E-state index >= 15 is 0 Å². The molecule has 2 aromatic carbocycles. The summed E-state index contributed by atoms with van der Waals surface area (Å²) in [5, 5.41) is 2.60. The van der Waals surface area contributed by atoms with Gasteiger partial charge in [0.2, 0.25) is 26.0 Å². The van der Waals surface area contributed by atoms with Gasteiger partial charge in [-0.3, -0.25) is 9.10 Å². The first-order valence-electron chi connectivity index (χ1n) is 10.0. The van der Waals surface area contributed by atoms with Crippen LogP contribution in [-0.2, 0) is 24.8 Å². The molecule has 11 heteroatoms. The first-order valence-corrected chi connectivity index (χ1v) is 13.3. The number of aryl methyl sites for hydroxylation is 1. The van der Waals surface area contributed by atoms with Crippen LogP contribution in [0.15, 0.2) is 47.4 Å². The molecule has 174 valence electrons. The number of ether oxygens (including phenoxy) is 1. The molecule has 1 heterocycles. The number of carbonyl (C=O) groups is 1. The molecule has 0 atom stereocenters. The van der Waals surface area contributed by atoms with E-state index in [0.29, 0.717) is 18.8 Å². The molecule has 0 aliphatic carbocycles. The molecule has 1 saturated heterocycles. The van der Waals surface area contributed by atoms with Crippen LogP contribution < -0.4 is 14.4 Å². The lowest BCUT2D eigenvalue weighted by atomic mass is 10.2. The Morgan fingerprint density at radius 2 is 1.69 bits per heavy atom. The topological polar surface area (TPSA) is 113 Å². The average Bonchev–Trinajstić information content (AvgIpc) is 3.28. The van der Waals surface area contributed by atoms with Crippen molar-refractivity contribution in [1.29, 1.82) is 0 Å². The van der Waals surface area contributed by atoms with Crippen LogP contribution in [0.25, 0.3) is 0 Å². The normalized spacial score (nSPS) is 14.8. The van der Waals surface area contributed by atoms with Crippen LogP contribution in [0.1, 0.15) is 18.4 Å². The van der Waals surface area contributed by atoms with Gasteiger partial charge in [0.1, 0.15) is 12.3 Å². The van der Waals surface area contributed by atoms with Gasteiger partial charge in [-0.25, -0.2) is 16.8 Å². The molecule has 2 aromatic rings. The maximum atomic E-state index is 12.9. The highest BCUT2D eigenvalue weighted by Crippen LogP contribution is 2.30. The Labute approximate surface area is 189 Å². The average molecular weight is 482 g/mol. The summed E-state index contributed by atoms with van der Waals surface area (Å²) >= 11 is 0. The standard InChI is InChI=1S/C21H27N3O6S2/c1-16-6-8-17(9-7-16)24(31(3,26)27)15-21(25)22-19-14-18(10-11-20(19)30-2)32(28,29)23-12-4-5-13-23/h6-11,14H,4-5,12-13,15H2,1-3H3,(H,22,25). The molecular formula is C21H27N3O6S2. The fraction of sp³-hybridized carbons (Fsp3) is 0.381. The van der Waals surface area contributed by atoms with Crippen LogP contribution in [0.2, 0.25) is 0 Å². The summed E-state index contributed by atoms with van der Waals surface area (Å²) in [6.07, 6.45) is 2.63. The van der Waals surface area contributed by atoms with E-state index in [0.717, 1.165) is 29.0 Å². The molecule has 9 nitrogen and oxygen atoms in total. The summed E-state index contributed by atoms with van der Waals surface area (Å²) in [5.41, 5.74) is 1.45. The van der Waals surface area contributed by atoms with Gasteiger partial charge in [-0.2, -0.15) is 4.31 Å². The van der Waals surface area contributed by atoms with Gasteiger partial charge in [0.15, 0.2) is 0 Å². The van der Waals surface area contributed by atoms with E-state index in [2.05, 4.69) is 5.32 Å². The minimum atomic E-state index is -3.74. The van der Waals surface area contributed by atoms with E-state index in [1.165, 1.54) is 29.6 Å². The van der Waals surface area contributed by atoms with E-state index in [1.807, 2.05) is 6.92 Å². The van der Waals surface area contributed by atoms with Crippen LogP contribution in [-0.4, -0.2) is 60.0 Å². The van der Waals surface area contributed by atoms with Crippen molar-refractivity contribution in [3.05, 3.63) is 48.0 Å². The second-order valence-electron chi connectivity index (χ2n) is 7.63. The molecule has 0 aromatic heterocycles. The smallest absolute Gasteiger partial charge is 0.245 e. The highest BCUT2D eigenvalue weighted by molar-refractivity contribution is 7.92. The van der Waals surface area contributed by atoms with Crippen LogP contribution in [0.5, 0.6) is 5.75 Å². The molecule has 1 aliphatic heterocycles. The summed E-state index contributed by atoms with van der Waals surface area (Å²) in [6, 6.07) is 11.0. The third-order valence-corrected chi connectivity index (χ3v) is 8.19. The van der Waals surface area contributed by atoms with Crippen LogP contribution in [0, 0.1) is 6.92 Å². The molecule has 1 aliphatic rings. The number of benzene rings is 2. The molecule has 32 heavy (non-hydrogen) atoms. The zero-order valence-electron chi connectivity index (χ0n) is 18.2. The van der Waals surface area contributed by atoms with E-state index in [4.69, 9.17) is 4.74 Å². The number of carbonyl (C=O) groups excluding carboxylic acids is 1. The van der Waals surface area contributed by atoms with Gasteiger partial charge in [-0.05, 0) is 50.1 Å². The molecule has 1 fully saturated rings. The highest BCUT2D eigenvalue weighted by atomic mass is 32.2. The minimum Gasteiger partial charge on any atom is -0.495 e. The molecule has 1 N–H and O–H groups in total. The van der Waals surface area contributed by atoms with Gasteiger partial charge in [0.25, 0.3) is 0 Å². The van der Waals surface area contributed by atoms with Crippen molar-refractivity contribution in [2.45, 2.75) is 24.7 Å². The predicted octanol–water partition coefficient (Wildman–Crippen LogP) is 2.19. The molecular weight excluding hydrogens is 454 g/mol. The van der Waals surface area contributed by atoms with Crippen molar-refractivity contribution >= 4 is 37.3 Å². The minimum absolute atomic E-state index is 0.0361. The maximum Gasteiger partial charge on any atom is 0.245 e. The van der Waals surface area contributed by atoms with E-state index < -0.39 is 32.5 Å². The number of methoxy groups -OCH3 is 1. The molecule has 0 spiro atoms. The zero-order valence-corrected chi connectivity index (χ0v) is 19.9. The lowest BCUT2D eigenvalue weighted by molar-refractivity contribution is -0.114. The molecule has 0 bridgehead atoms. The second-order valence-corrected chi connectivity index (χ2v) is 11.5. The first-order chi connectivity index (χ1) is 15.0. The summed E-state index contributed by atoms with van der Waals surface area (Å²) in [6.45, 7) is 2.30. The van der Waals surface area contributed by atoms with Crippen molar-refractivity contribution in [1.82, 2.24) is 4.31 Å². The second kappa shape index (κ2) is 9.47. The fourth-order valence-corrected chi connectivity index (χ4v) is 5.85. The molecule has 0 saturated carbocycles. The third kappa shape index (κ3) is 5.40. The molecule has 1 amide bonds. The Morgan fingerprint density at radius 1 is 1.06 bits per heavy atom. The van der Waals surface area contributed by atoms with Crippen molar-refractivity contribution in [2.24, 2.45) is 0 Å². The number of anilines is 2. The van der Waals surface area contributed by atoms with Crippen LogP contribution >= 0.6 is 0 Å². The summed E-state index contributed by atoms with van der Waals surface area (Å²) in [7, 11) is -6.04. The number of nitrogens with zero attached hydrogens (tertiary/aromatic N) is 2. The highest BCUT2D eigenvalue weighted by Gasteiger charge is 2.28. The maximum absolute atomic E-state index is 12.9. The van der Waals surface area contributed by atoms with Crippen molar-refractivity contribution in [3.63, 3.8) is 0 Å². The summed E-state index contributed by atoms with van der Waals surface area (Å²) in [5.74, 6) is -0.370.